The van der Waals surface area contributed by atoms with E-state index in [2.05, 4.69) is 0 Å². The molecule has 0 bridgehead atoms. The first kappa shape index (κ1) is 16.1. The second-order valence-electron chi connectivity index (χ2n) is 6.32. The van der Waals surface area contributed by atoms with Gasteiger partial charge in [0.1, 0.15) is 0 Å². The topological polar surface area (TPSA) is 47.2 Å². The van der Waals surface area contributed by atoms with Crippen LogP contribution in [0, 0.1) is 5.21 Å². The number of rotatable bonds is 1. The number of hydrogen-bond donors (Lipinski definition) is 0. The molecule has 1 amide bonds. The molecule has 26 heavy (non-hydrogen) atoms. The molecule has 1 aliphatic heterocycles. The number of amides is 1. The van der Waals surface area contributed by atoms with Crippen LogP contribution >= 0.6 is 0 Å². The van der Waals surface area contributed by atoms with E-state index in [0.717, 1.165) is 32.7 Å². The Hall–Kier alpha value is -3.40. The quantitative estimate of drug-likeness (QED) is 0.495. The second kappa shape index (κ2) is 6.48. The number of nitrogens with zero attached hydrogens (tertiary/aromatic N) is 2. The number of aromatic nitrogens is 1. The van der Waals surface area contributed by atoms with Gasteiger partial charge < -0.3 is 10.1 Å². The molecule has 2 heterocycles. The standard InChI is InChI=1S/C22H18N2O2/c1-16(25)23-15-20-12-11-19(22-8-4-5-13-24(22)26)14-18(20)10-9-17-6-2-3-7-21(17)23/h2-14H,15H2,1H3. The maximum Gasteiger partial charge on any atom is 0.224 e. The summed E-state index contributed by atoms with van der Waals surface area (Å²) >= 11 is 0. The number of para-hydroxylation sites is 1. The van der Waals surface area contributed by atoms with Crippen molar-refractivity contribution in [1.82, 2.24) is 0 Å². The van der Waals surface area contributed by atoms with Gasteiger partial charge in [0.2, 0.25) is 11.6 Å². The summed E-state index contributed by atoms with van der Waals surface area (Å²) in [5, 5.41) is 12.1. The number of anilines is 1. The molecule has 128 valence electrons. The summed E-state index contributed by atoms with van der Waals surface area (Å²) in [5.74, 6) is 0.00300. The van der Waals surface area contributed by atoms with Gasteiger partial charge >= 0.3 is 0 Å². The van der Waals surface area contributed by atoms with E-state index in [1.165, 1.54) is 6.20 Å². The molecule has 2 aromatic carbocycles. The SMILES string of the molecule is CC(=O)N1Cc2ccc(-c3cccc[n+]3[O-])cc2C=Cc2ccccc21. The van der Waals surface area contributed by atoms with Crippen LogP contribution in [0.3, 0.4) is 0 Å². The average molecular weight is 342 g/mol. The maximum absolute atomic E-state index is 12.2. The van der Waals surface area contributed by atoms with Crippen LogP contribution in [0.25, 0.3) is 23.4 Å². The van der Waals surface area contributed by atoms with Crippen LogP contribution in [0.1, 0.15) is 23.6 Å². The van der Waals surface area contributed by atoms with Crippen molar-refractivity contribution in [3.8, 4) is 11.3 Å². The van der Waals surface area contributed by atoms with Gasteiger partial charge in [-0.1, -0.05) is 36.4 Å². The predicted molar refractivity (Wildman–Crippen MR) is 103 cm³/mol. The highest BCUT2D eigenvalue weighted by atomic mass is 16.5. The van der Waals surface area contributed by atoms with E-state index in [1.54, 1.807) is 24.0 Å². The molecule has 0 atom stereocenters. The molecule has 4 rings (SSSR count). The maximum atomic E-state index is 12.2. The molecule has 1 aliphatic rings. The number of benzene rings is 2. The first-order chi connectivity index (χ1) is 12.6. The van der Waals surface area contributed by atoms with Gasteiger partial charge in [0, 0.05) is 24.6 Å². The summed E-state index contributed by atoms with van der Waals surface area (Å²) in [6.07, 6.45) is 5.56. The summed E-state index contributed by atoms with van der Waals surface area (Å²) in [6.45, 7) is 2.08. The lowest BCUT2D eigenvalue weighted by Crippen LogP contribution is -2.29. The third-order valence-corrected chi connectivity index (χ3v) is 4.64. The molecule has 0 unspecified atom stereocenters. The molecule has 1 aromatic heterocycles. The molecule has 0 aliphatic carbocycles. The Bertz CT molecular complexity index is 1020. The summed E-state index contributed by atoms with van der Waals surface area (Å²) in [7, 11) is 0. The Balaban J connectivity index is 1.85. The molecule has 4 nitrogen and oxygen atoms in total. The molecular weight excluding hydrogens is 324 g/mol. The van der Waals surface area contributed by atoms with Gasteiger partial charge in [-0.2, -0.15) is 4.73 Å². The van der Waals surface area contributed by atoms with Gasteiger partial charge in [0.05, 0.1) is 12.2 Å². The van der Waals surface area contributed by atoms with E-state index in [-0.39, 0.29) is 5.91 Å². The van der Waals surface area contributed by atoms with Crippen LogP contribution in [0.5, 0.6) is 0 Å². The average Bonchev–Trinajstić information content (AvgIpc) is 2.63. The highest BCUT2D eigenvalue weighted by Gasteiger charge is 2.19. The van der Waals surface area contributed by atoms with Crippen molar-refractivity contribution in [2.45, 2.75) is 13.5 Å². The summed E-state index contributed by atoms with van der Waals surface area (Å²) in [5.41, 5.74) is 5.42. The lowest BCUT2D eigenvalue weighted by molar-refractivity contribution is -0.593. The summed E-state index contributed by atoms with van der Waals surface area (Å²) in [4.78, 5) is 14.0. The van der Waals surface area contributed by atoms with Crippen molar-refractivity contribution >= 4 is 23.7 Å². The molecule has 3 aromatic rings. The fraction of sp³-hybridized carbons (Fsp3) is 0.0909. The second-order valence-corrected chi connectivity index (χ2v) is 6.32. The van der Waals surface area contributed by atoms with Crippen molar-refractivity contribution in [2.24, 2.45) is 0 Å². The van der Waals surface area contributed by atoms with Crippen molar-refractivity contribution in [2.75, 3.05) is 4.90 Å². The third-order valence-electron chi connectivity index (χ3n) is 4.64. The first-order valence-electron chi connectivity index (χ1n) is 8.50. The largest absolute Gasteiger partial charge is 0.618 e. The Labute approximate surface area is 152 Å². The van der Waals surface area contributed by atoms with E-state index in [0.29, 0.717) is 12.2 Å². The molecule has 0 fully saturated rings. The van der Waals surface area contributed by atoms with Crippen LogP contribution < -0.4 is 9.63 Å². The number of hydrogen-bond acceptors (Lipinski definition) is 2. The van der Waals surface area contributed by atoms with E-state index in [9.17, 15) is 10.0 Å². The van der Waals surface area contributed by atoms with Crippen LogP contribution in [-0.4, -0.2) is 5.91 Å². The fourth-order valence-electron chi connectivity index (χ4n) is 3.30. The number of carbonyl (C=O) groups is 1. The summed E-state index contributed by atoms with van der Waals surface area (Å²) < 4.78 is 0.867. The predicted octanol–water partition coefficient (Wildman–Crippen LogP) is 4.02. The Morgan fingerprint density at radius 3 is 2.58 bits per heavy atom. The van der Waals surface area contributed by atoms with Gasteiger partial charge in [0.25, 0.3) is 0 Å². The van der Waals surface area contributed by atoms with E-state index < -0.39 is 0 Å². The Morgan fingerprint density at radius 1 is 1.00 bits per heavy atom. The minimum atomic E-state index is 0.00300. The van der Waals surface area contributed by atoms with Crippen LogP contribution in [0.2, 0.25) is 0 Å². The lowest BCUT2D eigenvalue weighted by Gasteiger charge is -2.26. The van der Waals surface area contributed by atoms with Crippen LogP contribution in [-0.2, 0) is 11.3 Å². The molecule has 0 spiro atoms. The summed E-state index contributed by atoms with van der Waals surface area (Å²) in [6, 6.07) is 19.2. The fourth-order valence-corrected chi connectivity index (χ4v) is 3.30. The van der Waals surface area contributed by atoms with Gasteiger partial charge in [-0.25, -0.2) is 0 Å². The Morgan fingerprint density at radius 2 is 1.77 bits per heavy atom. The minimum absolute atomic E-state index is 0.00300. The van der Waals surface area contributed by atoms with E-state index >= 15 is 0 Å². The van der Waals surface area contributed by atoms with Gasteiger partial charge in [0.15, 0.2) is 6.20 Å². The molecule has 0 N–H and O–H groups in total. The number of fused-ring (bicyclic) bond motifs is 2. The smallest absolute Gasteiger partial charge is 0.224 e. The molecule has 0 saturated carbocycles. The highest BCUT2D eigenvalue weighted by Crippen LogP contribution is 2.30. The van der Waals surface area contributed by atoms with Gasteiger partial charge in [-0.15, -0.1) is 0 Å². The van der Waals surface area contributed by atoms with Crippen molar-refractivity contribution in [1.29, 1.82) is 0 Å². The highest BCUT2D eigenvalue weighted by molar-refractivity contribution is 5.95. The van der Waals surface area contributed by atoms with Gasteiger partial charge in [-0.05, 0) is 41.0 Å². The monoisotopic (exact) mass is 342 g/mol. The van der Waals surface area contributed by atoms with Crippen molar-refractivity contribution < 1.29 is 9.52 Å². The minimum Gasteiger partial charge on any atom is -0.618 e. The first-order valence-corrected chi connectivity index (χ1v) is 8.50. The zero-order chi connectivity index (χ0) is 18.1. The number of carbonyl (C=O) groups excluding carboxylic acids is 1. The van der Waals surface area contributed by atoms with E-state index in [1.807, 2.05) is 60.7 Å². The third kappa shape index (κ3) is 2.86. The zero-order valence-corrected chi connectivity index (χ0v) is 14.4. The van der Waals surface area contributed by atoms with Crippen molar-refractivity contribution in [3.63, 3.8) is 0 Å². The van der Waals surface area contributed by atoms with E-state index in [4.69, 9.17) is 0 Å². The van der Waals surface area contributed by atoms with Crippen LogP contribution in [0.15, 0.2) is 66.9 Å². The molecular formula is C22H18N2O2. The lowest BCUT2D eigenvalue weighted by atomic mass is 9.97. The molecule has 0 radical (unpaired) electrons. The Kier molecular flexibility index (Phi) is 4.01. The zero-order valence-electron chi connectivity index (χ0n) is 14.4. The van der Waals surface area contributed by atoms with Crippen LogP contribution in [0.4, 0.5) is 5.69 Å². The normalized spacial score (nSPS) is 12.7. The molecule has 0 saturated heterocycles. The van der Waals surface area contributed by atoms with Gasteiger partial charge in [-0.3, -0.25) is 4.79 Å². The molecule has 4 heteroatoms. The van der Waals surface area contributed by atoms with Crippen molar-refractivity contribution in [3.05, 3.63) is 88.8 Å². The number of pyridine rings is 1.